The average Bonchev–Trinajstić information content (AvgIpc) is 2.43. The second kappa shape index (κ2) is 5.41. The predicted octanol–water partition coefficient (Wildman–Crippen LogP) is 4.17. The first-order valence-corrected chi connectivity index (χ1v) is 9.65. The van der Waals surface area contributed by atoms with Crippen LogP contribution in [0.3, 0.4) is 0 Å². The average molecular weight is 260 g/mol. The fourth-order valence-electron chi connectivity index (χ4n) is 2.50. The quantitative estimate of drug-likeness (QED) is 0.741. The molecule has 0 heterocycles. The van der Waals surface area contributed by atoms with Gasteiger partial charge in [0, 0.05) is 0 Å². The summed E-state index contributed by atoms with van der Waals surface area (Å²) in [4.78, 5) is 0. The summed E-state index contributed by atoms with van der Waals surface area (Å²) in [6, 6.07) is 6.65. The topological polar surface area (TPSA) is 9.23 Å². The molecule has 98 valence electrons. The molecule has 2 rings (SSSR count). The molecule has 0 saturated heterocycles. The molecular weight excluding hydrogens is 236 g/mol. The summed E-state index contributed by atoms with van der Waals surface area (Å²) < 4.78 is 5.89. The highest BCUT2D eigenvalue weighted by atomic mass is 28.3. The molecule has 1 nitrogen and oxygen atoms in total. The monoisotopic (exact) mass is 260 g/mol. The molecule has 0 aromatic heterocycles. The van der Waals surface area contributed by atoms with E-state index in [1.54, 1.807) is 0 Å². The maximum Gasteiger partial charge on any atom is 0.171 e. The van der Waals surface area contributed by atoms with Crippen LogP contribution in [0, 0.1) is 5.41 Å². The third-order valence-electron chi connectivity index (χ3n) is 3.48. The van der Waals surface area contributed by atoms with E-state index in [0.29, 0.717) is 5.41 Å². The van der Waals surface area contributed by atoms with Gasteiger partial charge in [0.15, 0.2) is 9.04 Å². The zero-order chi connectivity index (χ0) is 13.2. The fraction of sp³-hybridized carbons (Fsp3) is 0.500. The normalized spacial score (nSPS) is 17.6. The Hall–Kier alpha value is -0.863. The highest BCUT2D eigenvalue weighted by Gasteiger charge is 2.21. The first-order valence-electron chi connectivity index (χ1n) is 6.87. The number of allylic oxidation sites excluding steroid dienone is 1. The van der Waals surface area contributed by atoms with Gasteiger partial charge in [-0.05, 0) is 48.0 Å². The molecule has 1 aromatic carbocycles. The van der Waals surface area contributed by atoms with E-state index < -0.39 is 9.04 Å². The van der Waals surface area contributed by atoms with Crippen LogP contribution in [0.4, 0.5) is 0 Å². The molecule has 0 bridgehead atoms. The molecule has 1 aliphatic rings. The number of hydrogen-bond acceptors (Lipinski definition) is 1. The third kappa shape index (κ3) is 3.33. The zero-order valence-corrected chi connectivity index (χ0v) is 13.1. The van der Waals surface area contributed by atoms with Crippen LogP contribution in [0.25, 0.3) is 6.08 Å². The molecule has 1 aliphatic carbocycles. The van der Waals surface area contributed by atoms with Crippen LogP contribution >= 0.6 is 0 Å². The van der Waals surface area contributed by atoms with E-state index >= 15 is 0 Å². The van der Waals surface area contributed by atoms with Crippen molar-refractivity contribution in [1.82, 2.24) is 0 Å². The van der Waals surface area contributed by atoms with Crippen LogP contribution in [0.5, 0.6) is 0 Å². The van der Waals surface area contributed by atoms with Crippen molar-refractivity contribution < 1.29 is 4.43 Å². The van der Waals surface area contributed by atoms with E-state index in [1.165, 1.54) is 16.7 Å². The second-order valence-corrected chi connectivity index (χ2v) is 8.73. The van der Waals surface area contributed by atoms with Gasteiger partial charge >= 0.3 is 0 Å². The Balaban J connectivity index is 2.29. The Morgan fingerprint density at radius 3 is 2.78 bits per heavy atom. The Morgan fingerprint density at radius 2 is 2.06 bits per heavy atom. The largest absolute Gasteiger partial charge is 0.416 e. The smallest absolute Gasteiger partial charge is 0.171 e. The highest BCUT2D eigenvalue weighted by molar-refractivity contribution is 6.48. The summed E-state index contributed by atoms with van der Waals surface area (Å²) in [5, 5.41) is 0. The summed E-state index contributed by atoms with van der Waals surface area (Å²) in [6.07, 6.45) is 6.93. The van der Waals surface area contributed by atoms with Crippen molar-refractivity contribution >= 4 is 15.1 Å². The lowest BCUT2D eigenvalue weighted by atomic mass is 9.83. The summed E-state index contributed by atoms with van der Waals surface area (Å²) in [6.45, 7) is 9.91. The molecule has 18 heavy (non-hydrogen) atoms. The summed E-state index contributed by atoms with van der Waals surface area (Å²) >= 11 is 0. The van der Waals surface area contributed by atoms with E-state index in [0.717, 1.165) is 19.4 Å². The fourth-order valence-corrected chi connectivity index (χ4v) is 3.01. The van der Waals surface area contributed by atoms with Gasteiger partial charge in [-0.1, -0.05) is 44.2 Å². The molecule has 0 spiro atoms. The Bertz CT molecular complexity index is 446. The van der Waals surface area contributed by atoms with E-state index in [2.05, 4.69) is 57.3 Å². The minimum absolute atomic E-state index is 0.369. The lowest BCUT2D eigenvalue weighted by Crippen LogP contribution is -2.14. The van der Waals surface area contributed by atoms with Crippen LogP contribution in [-0.4, -0.2) is 9.04 Å². The van der Waals surface area contributed by atoms with Crippen molar-refractivity contribution in [2.24, 2.45) is 5.41 Å². The summed E-state index contributed by atoms with van der Waals surface area (Å²) in [7, 11) is -0.940. The molecule has 0 radical (unpaired) electrons. The van der Waals surface area contributed by atoms with Gasteiger partial charge in [-0.2, -0.15) is 0 Å². The van der Waals surface area contributed by atoms with Gasteiger partial charge in [-0.25, -0.2) is 0 Å². The van der Waals surface area contributed by atoms with Gasteiger partial charge < -0.3 is 4.43 Å². The van der Waals surface area contributed by atoms with Crippen molar-refractivity contribution in [2.75, 3.05) is 0 Å². The predicted molar refractivity (Wildman–Crippen MR) is 81.2 cm³/mol. The van der Waals surface area contributed by atoms with Crippen molar-refractivity contribution in [3.63, 3.8) is 0 Å². The zero-order valence-electron chi connectivity index (χ0n) is 12.0. The van der Waals surface area contributed by atoms with Gasteiger partial charge in [0.05, 0.1) is 6.61 Å². The van der Waals surface area contributed by atoms with E-state index in [-0.39, 0.29) is 0 Å². The van der Waals surface area contributed by atoms with Crippen LogP contribution in [0.15, 0.2) is 24.3 Å². The SMILES string of the molecule is C[SiH](C)OCc1cccc2c1C=CCC(C)(C)C2. The van der Waals surface area contributed by atoms with Crippen LogP contribution in [0.1, 0.15) is 37.0 Å². The molecule has 0 amide bonds. The second-order valence-electron chi connectivity index (χ2n) is 6.30. The maximum atomic E-state index is 5.89. The molecular formula is C16H24OSi. The van der Waals surface area contributed by atoms with Crippen molar-refractivity contribution in [3.8, 4) is 0 Å². The molecule has 0 unspecified atom stereocenters. The van der Waals surface area contributed by atoms with Crippen molar-refractivity contribution in [2.45, 2.75) is 46.4 Å². The van der Waals surface area contributed by atoms with E-state index in [9.17, 15) is 0 Å². The van der Waals surface area contributed by atoms with Crippen LogP contribution in [-0.2, 0) is 17.5 Å². The highest BCUT2D eigenvalue weighted by Crippen LogP contribution is 2.33. The minimum Gasteiger partial charge on any atom is -0.416 e. The summed E-state index contributed by atoms with van der Waals surface area (Å²) in [5.41, 5.74) is 4.59. The molecule has 0 saturated carbocycles. The van der Waals surface area contributed by atoms with Gasteiger partial charge in [0.25, 0.3) is 0 Å². The van der Waals surface area contributed by atoms with Gasteiger partial charge in [-0.3, -0.25) is 0 Å². The molecule has 0 N–H and O–H groups in total. The molecule has 2 heteroatoms. The van der Waals surface area contributed by atoms with E-state index in [1.807, 2.05) is 0 Å². The molecule has 0 aliphatic heterocycles. The first kappa shape index (κ1) is 13.6. The molecule has 1 aromatic rings. The molecule has 0 fully saturated rings. The standard InChI is InChI=1S/C16H24OSi/c1-16(2)10-6-9-15-13(11-16)7-5-8-14(15)12-17-18(3)4/h5-9,18H,10-12H2,1-4H3. The summed E-state index contributed by atoms with van der Waals surface area (Å²) in [5.74, 6) is 0. The number of benzene rings is 1. The lowest BCUT2D eigenvalue weighted by Gasteiger charge is -2.22. The Morgan fingerprint density at radius 1 is 1.28 bits per heavy atom. The number of fused-ring (bicyclic) bond motifs is 1. The van der Waals surface area contributed by atoms with Gasteiger partial charge in [0.2, 0.25) is 0 Å². The van der Waals surface area contributed by atoms with Crippen molar-refractivity contribution in [3.05, 3.63) is 41.0 Å². The molecule has 0 atom stereocenters. The number of rotatable bonds is 3. The Kier molecular flexibility index (Phi) is 4.08. The van der Waals surface area contributed by atoms with Crippen LogP contribution in [0.2, 0.25) is 13.1 Å². The third-order valence-corrected chi connectivity index (χ3v) is 4.32. The van der Waals surface area contributed by atoms with Gasteiger partial charge in [-0.15, -0.1) is 0 Å². The Labute approximate surface area is 113 Å². The lowest BCUT2D eigenvalue weighted by molar-refractivity contribution is 0.314. The van der Waals surface area contributed by atoms with Gasteiger partial charge in [0.1, 0.15) is 0 Å². The minimum atomic E-state index is -0.940. The van der Waals surface area contributed by atoms with Crippen molar-refractivity contribution in [1.29, 1.82) is 0 Å². The van der Waals surface area contributed by atoms with Crippen LogP contribution < -0.4 is 0 Å². The number of hydrogen-bond donors (Lipinski definition) is 0. The first-order chi connectivity index (χ1) is 8.48. The van der Waals surface area contributed by atoms with E-state index in [4.69, 9.17) is 4.43 Å². The maximum absolute atomic E-state index is 5.89.